The maximum absolute atomic E-state index is 11.7. The van der Waals surface area contributed by atoms with Crippen LogP contribution in [-0.2, 0) is 4.74 Å². The van der Waals surface area contributed by atoms with E-state index in [9.17, 15) is 4.79 Å². The zero-order chi connectivity index (χ0) is 10.8. The monoisotopic (exact) mass is 212 g/mol. The van der Waals surface area contributed by atoms with Crippen molar-refractivity contribution >= 4 is 6.09 Å². The van der Waals surface area contributed by atoms with Crippen LogP contribution in [0.1, 0.15) is 26.2 Å². The molecular formula is C11H20N2O2. The maximum Gasteiger partial charge on any atom is 0.410 e. The van der Waals surface area contributed by atoms with Crippen LogP contribution in [0.2, 0.25) is 0 Å². The van der Waals surface area contributed by atoms with Crippen LogP contribution < -0.4 is 5.73 Å². The fraction of sp³-hybridized carbons (Fsp3) is 0.909. The molecule has 1 saturated carbocycles. The van der Waals surface area contributed by atoms with Gasteiger partial charge in [-0.15, -0.1) is 0 Å². The summed E-state index contributed by atoms with van der Waals surface area (Å²) in [6.45, 7) is 3.93. The lowest BCUT2D eigenvalue weighted by Crippen LogP contribution is -2.55. The molecule has 3 fully saturated rings. The van der Waals surface area contributed by atoms with Crippen LogP contribution in [0.5, 0.6) is 0 Å². The zero-order valence-electron chi connectivity index (χ0n) is 9.32. The van der Waals surface area contributed by atoms with E-state index in [0.29, 0.717) is 24.5 Å². The van der Waals surface area contributed by atoms with Gasteiger partial charge in [0.1, 0.15) is 0 Å². The normalized spacial score (nSPS) is 34.3. The number of ether oxygens (including phenoxy) is 1. The van der Waals surface area contributed by atoms with E-state index in [1.807, 2.05) is 11.8 Å². The molecule has 2 bridgehead atoms. The molecule has 2 N–H and O–H groups in total. The van der Waals surface area contributed by atoms with Gasteiger partial charge in [-0.2, -0.15) is 0 Å². The van der Waals surface area contributed by atoms with Crippen molar-refractivity contribution in [3.8, 4) is 0 Å². The highest BCUT2D eigenvalue weighted by molar-refractivity contribution is 5.68. The van der Waals surface area contributed by atoms with Crippen molar-refractivity contribution in [1.29, 1.82) is 0 Å². The quantitative estimate of drug-likeness (QED) is 0.748. The molecule has 1 aliphatic carbocycles. The summed E-state index contributed by atoms with van der Waals surface area (Å²) < 4.78 is 5.06. The Balaban J connectivity index is 1.98. The van der Waals surface area contributed by atoms with Crippen molar-refractivity contribution in [2.24, 2.45) is 17.6 Å². The fourth-order valence-corrected chi connectivity index (χ4v) is 2.95. The van der Waals surface area contributed by atoms with Crippen molar-refractivity contribution in [2.75, 3.05) is 19.7 Å². The van der Waals surface area contributed by atoms with Gasteiger partial charge in [-0.05, 0) is 44.6 Å². The number of nitrogens with two attached hydrogens (primary N) is 1. The predicted octanol–water partition coefficient (Wildman–Crippen LogP) is 1.20. The first-order chi connectivity index (χ1) is 7.26. The lowest BCUT2D eigenvalue weighted by atomic mass is 9.72. The smallest absolute Gasteiger partial charge is 0.410 e. The SMILES string of the molecule is CCOC(=O)N1CC2CCC1CC2CN. The minimum Gasteiger partial charge on any atom is -0.450 e. The lowest BCUT2D eigenvalue weighted by molar-refractivity contribution is 0.00443. The third-order valence-corrected chi connectivity index (χ3v) is 3.79. The summed E-state index contributed by atoms with van der Waals surface area (Å²) in [7, 11) is 0. The number of amides is 1. The van der Waals surface area contributed by atoms with Gasteiger partial charge in [-0.1, -0.05) is 0 Å². The molecule has 0 aromatic carbocycles. The molecule has 3 aliphatic rings. The topological polar surface area (TPSA) is 55.6 Å². The van der Waals surface area contributed by atoms with Crippen molar-refractivity contribution in [2.45, 2.75) is 32.2 Å². The van der Waals surface area contributed by atoms with Crippen LogP contribution in [0.15, 0.2) is 0 Å². The minimum absolute atomic E-state index is 0.136. The Hall–Kier alpha value is -0.770. The Kier molecular flexibility index (Phi) is 3.14. The first-order valence-corrected chi connectivity index (χ1v) is 5.89. The molecule has 0 radical (unpaired) electrons. The number of piperidine rings is 2. The van der Waals surface area contributed by atoms with Crippen LogP contribution in [0.3, 0.4) is 0 Å². The molecule has 86 valence electrons. The average Bonchev–Trinajstić information content (AvgIpc) is 2.29. The standard InChI is InChI=1S/C11H20N2O2/c1-2-15-11(14)13-7-8-3-4-10(13)5-9(8)6-12/h8-10H,2-7,12H2,1H3. The Morgan fingerprint density at radius 1 is 1.53 bits per heavy atom. The number of nitrogens with zero attached hydrogens (tertiary/aromatic N) is 1. The van der Waals surface area contributed by atoms with Gasteiger partial charge < -0.3 is 15.4 Å². The first-order valence-electron chi connectivity index (χ1n) is 5.89. The summed E-state index contributed by atoms with van der Waals surface area (Å²) in [5.41, 5.74) is 5.74. The van der Waals surface area contributed by atoms with E-state index >= 15 is 0 Å². The second-order valence-electron chi connectivity index (χ2n) is 4.57. The summed E-state index contributed by atoms with van der Waals surface area (Å²) in [4.78, 5) is 13.6. The molecule has 0 spiro atoms. The fourth-order valence-electron chi connectivity index (χ4n) is 2.95. The van der Waals surface area contributed by atoms with E-state index in [2.05, 4.69) is 0 Å². The molecule has 2 saturated heterocycles. The third-order valence-electron chi connectivity index (χ3n) is 3.79. The van der Waals surface area contributed by atoms with Gasteiger partial charge in [-0.25, -0.2) is 4.79 Å². The van der Waals surface area contributed by atoms with Gasteiger partial charge in [-0.3, -0.25) is 0 Å². The molecule has 1 amide bonds. The van der Waals surface area contributed by atoms with Gasteiger partial charge in [0.05, 0.1) is 6.61 Å². The van der Waals surface area contributed by atoms with Gasteiger partial charge in [0, 0.05) is 12.6 Å². The second-order valence-corrected chi connectivity index (χ2v) is 4.57. The molecular weight excluding hydrogens is 192 g/mol. The number of hydrogen-bond acceptors (Lipinski definition) is 3. The van der Waals surface area contributed by atoms with Crippen LogP contribution in [0.4, 0.5) is 4.79 Å². The summed E-state index contributed by atoms with van der Waals surface area (Å²) in [6, 6.07) is 0.377. The summed E-state index contributed by atoms with van der Waals surface area (Å²) in [5, 5.41) is 0. The van der Waals surface area contributed by atoms with Crippen LogP contribution in [-0.4, -0.2) is 36.7 Å². The number of rotatable bonds is 2. The largest absolute Gasteiger partial charge is 0.450 e. The third kappa shape index (κ3) is 1.95. The van der Waals surface area contributed by atoms with Gasteiger partial charge in [0.15, 0.2) is 0 Å². The van der Waals surface area contributed by atoms with Gasteiger partial charge >= 0.3 is 6.09 Å². The van der Waals surface area contributed by atoms with E-state index < -0.39 is 0 Å². The molecule has 0 aromatic heterocycles. The maximum atomic E-state index is 11.7. The van der Waals surface area contributed by atoms with Crippen molar-refractivity contribution in [3.05, 3.63) is 0 Å². The highest BCUT2D eigenvalue weighted by atomic mass is 16.6. The summed E-state index contributed by atoms with van der Waals surface area (Å²) in [6.07, 6.45) is 3.28. The molecule has 15 heavy (non-hydrogen) atoms. The first kappa shape index (κ1) is 10.7. The van der Waals surface area contributed by atoms with E-state index in [1.165, 1.54) is 6.42 Å². The Labute approximate surface area is 90.8 Å². The molecule has 2 aliphatic heterocycles. The molecule has 3 unspecified atom stereocenters. The van der Waals surface area contributed by atoms with Crippen molar-refractivity contribution in [3.63, 3.8) is 0 Å². The highest BCUT2D eigenvalue weighted by Crippen LogP contribution is 2.38. The zero-order valence-corrected chi connectivity index (χ0v) is 9.32. The summed E-state index contributed by atoms with van der Waals surface area (Å²) in [5.74, 6) is 1.22. The van der Waals surface area contributed by atoms with E-state index in [4.69, 9.17) is 10.5 Å². The minimum atomic E-state index is -0.136. The Bertz CT molecular complexity index is 245. The Morgan fingerprint density at radius 3 is 2.87 bits per heavy atom. The second kappa shape index (κ2) is 4.39. The molecule has 2 heterocycles. The van der Waals surface area contributed by atoms with E-state index in [0.717, 1.165) is 25.9 Å². The average molecular weight is 212 g/mol. The van der Waals surface area contributed by atoms with Crippen molar-refractivity contribution < 1.29 is 9.53 Å². The number of fused-ring (bicyclic) bond motifs is 3. The van der Waals surface area contributed by atoms with Gasteiger partial charge in [0.25, 0.3) is 0 Å². The predicted molar refractivity (Wildman–Crippen MR) is 57.4 cm³/mol. The molecule has 4 nitrogen and oxygen atoms in total. The van der Waals surface area contributed by atoms with Crippen molar-refractivity contribution in [1.82, 2.24) is 4.90 Å². The van der Waals surface area contributed by atoms with Crippen LogP contribution >= 0.6 is 0 Å². The van der Waals surface area contributed by atoms with Crippen LogP contribution in [0, 0.1) is 11.8 Å². The molecule has 3 atom stereocenters. The van der Waals surface area contributed by atoms with Crippen LogP contribution in [0.25, 0.3) is 0 Å². The molecule has 3 rings (SSSR count). The Morgan fingerprint density at radius 2 is 2.33 bits per heavy atom. The summed E-state index contributed by atoms with van der Waals surface area (Å²) >= 11 is 0. The number of carbonyl (C=O) groups is 1. The highest BCUT2D eigenvalue weighted by Gasteiger charge is 2.42. The van der Waals surface area contributed by atoms with E-state index in [-0.39, 0.29) is 6.09 Å². The number of carbonyl (C=O) groups excluding carboxylic acids is 1. The number of hydrogen-bond donors (Lipinski definition) is 1. The lowest BCUT2D eigenvalue weighted by Gasteiger charge is -2.48. The van der Waals surface area contributed by atoms with E-state index in [1.54, 1.807) is 0 Å². The van der Waals surface area contributed by atoms with Gasteiger partial charge in [0.2, 0.25) is 0 Å². The molecule has 4 heteroatoms. The molecule has 0 aromatic rings.